The number of benzene rings is 3. The van der Waals surface area contributed by atoms with Crippen molar-refractivity contribution < 1.29 is 33.4 Å². The lowest BCUT2D eigenvalue weighted by Gasteiger charge is -2.16. The molecule has 0 spiro atoms. The molecule has 1 atom stereocenters. The molecule has 0 aliphatic heterocycles. The number of carboxylic acid groups (broad SMARTS) is 1. The van der Waals surface area contributed by atoms with Crippen molar-refractivity contribution in [3.05, 3.63) is 77.6 Å². The maximum absolute atomic E-state index is 15.2. The fourth-order valence-electron chi connectivity index (χ4n) is 5.09. The normalized spacial score (nSPS) is 11.8. The number of rotatable bonds is 16. The van der Waals surface area contributed by atoms with Gasteiger partial charge in [0.15, 0.2) is 0 Å². The summed E-state index contributed by atoms with van der Waals surface area (Å²) in [7, 11) is 0. The number of carboxylic acids is 1. The fourth-order valence-corrected chi connectivity index (χ4v) is 5.09. The Morgan fingerprint density at radius 2 is 1.44 bits per heavy atom. The first-order chi connectivity index (χ1) is 20.6. The number of ether oxygens (including phenoxy) is 2. The van der Waals surface area contributed by atoms with Crippen molar-refractivity contribution in [2.75, 3.05) is 0 Å². The van der Waals surface area contributed by atoms with Gasteiger partial charge in [-0.25, -0.2) is 14.0 Å². The van der Waals surface area contributed by atoms with Crippen molar-refractivity contribution in [3.8, 4) is 28.0 Å². The zero-order valence-corrected chi connectivity index (χ0v) is 25.7. The lowest BCUT2D eigenvalue weighted by Crippen LogP contribution is -2.17. The van der Waals surface area contributed by atoms with Crippen LogP contribution in [-0.4, -0.2) is 29.1 Å². The van der Waals surface area contributed by atoms with Crippen LogP contribution in [0.15, 0.2) is 60.7 Å². The number of halogens is 1. The minimum Gasteiger partial charge on any atom is -0.478 e. The first kappa shape index (κ1) is 33.5. The van der Waals surface area contributed by atoms with Gasteiger partial charge in [0.2, 0.25) is 0 Å². The lowest BCUT2D eigenvalue weighted by atomic mass is 9.92. The van der Waals surface area contributed by atoms with E-state index in [9.17, 15) is 19.5 Å². The SMILES string of the molecule is CCCCCCCCCC(=O)Oc1ccc(-c2ccc(C(=O)O)cc2-c2ccc(C(=O)O[C@H](C)CC(C)C)c(F)c2)cc1. The molecule has 0 amide bonds. The van der Waals surface area contributed by atoms with Gasteiger partial charge in [0.05, 0.1) is 17.2 Å². The molecule has 0 saturated heterocycles. The molecule has 0 aromatic heterocycles. The number of aromatic carboxylic acids is 1. The van der Waals surface area contributed by atoms with Crippen molar-refractivity contribution in [3.63, 3.8) is 0 Å². The highest BCUT2D eigenvalue weighted by Crippen LogP contribution is 2.35. The smallest absolute Gasteiger partial charge is 0.341 e. The van der Waals surface area contributed by atoms with Crippen LogP contribution in [0.2, 0.25) is 0 Å². The van der Waals surface area contributed by atoms with Crippen molar-refractivity contribution in [1.82, 2.24) is 0 Å². The fraction of sp³-hybridized carbons (Fsp3) is 0.417. The number of carbonyl (C=O) groups excluding carboxylic acids is 2. The molecular formula is C36H43FO6. The Bertz CT molecular complexity index is 1380. The summed E-state index contributed by atoms with van der Waals surface area (Å²) in [5.41, 5.74) is 2.14. The molecule has 0 unspecified atom stereocenters. The van der Waals surface area contributed by atoms with E-state index in [2.05, 4.69) is 6.92 Å². The highest BCUT2D eigenvalue weighted by molar-refractivity contribution is 5.95. The third-order valence-electron chi connectivity index (χ3n) is 7.26. The van der Waals surface area contributed by atoms with Gasteiger partial charge in [-0.2, -0.15) is 0 Å². The second kappa shape index (κ2) is 16.6. The summed E-state index contributed by atoms with van der Waals surface area (Å²) in [6.45, 7) is 7.99. The average molecular weight is 591 g/mol. The minimum absolute atomic E-state index is 0.0427. The maximum Gasteiger partial charge on any atom is 0.341 e. The predicted octanol–water partition coefficient (Wildman–Crippen LogP) is 9.50. The highest BCUT2D eigenvalue weighted by Gasteiger charge is 2.19. The molecule has 7 heteroatoms. The van der Waals surface area contributed by atoms with Crippen LogP contribution in [0.4, 0.5) is 4.39 Å². The molecule has 3 rings (SSSR count). The Labute approximate surface area is 254 Å². The van der Waals surface area contributed by atoms with E-state index in [0.717, 1.165) is 24.8 Å². The largest absolute Gasteiger partial charge is 0.478 e. The Hall–Kier alpha value is -4.00. The summed E-state index contributed by atoms with van der Waals surface area (Å²) in [6, 6.07) is 15.7. The third kappa shape index (κ3) is 10.3. The standard InChI is InChI=1S/C36H43FO6/c1-5-6-7-8-9-10-11-12-34(38)43-29-17-13-26(14-18-29)30-19-16-28(35(39)40)22-32(30)27-15-20-31(33(37)23-27)36(41)42-25(4)21-24(2)3/h13-20,22-25H,5-12,21H2,1-4H3,(H,39,40)/t25-/m1/s1. The molecule has 0 bridgehead atoms. The van der Waals surface area contributed by atoms with Crippen molar-refractivity contribution in [2.24, 2.45) is 5.92 Å². The van der Waals surface area contributed by atoms with Gasteiger partial charge >= 0.3 is 17.9 Å². The molecule has 43 heavy (non-hydrogen) atoms. The maximum atomic E-state index is 15.2. The van der Waals surface area contributed by atoms with Crippen LogP contribution in [-0.2, 0) is 9.53 Å². The summed E-state index contributed by atoms with van der Waals surface area (Å²) in [6.07, 6.45) is 8.49. The molecule has 3 aromatic carbocycles. The van der Waals surface area contributed by atoms with E-state index in [-0.39, 0.29) is 23.2 Å². The zero-order valence-electron chi connectivity index (χ0n) is 25.7. The van der Waals surface area contributed by atoms with Crippen LogP contribution < -0.4 is 4.74 Å². The number of esters is 2. The highest BCUT2D eigenvalue weighted by atomic mass is 19.1. The molecule has 230 valence electrons. The molecule has 0 saturated carbocycles. The Morgan fingerprint density at radius 3 is 2.07 bits per heavy atom. The summed E-state index contributed by atoms with van der Waals surface area (Å²) in [5.74, 6) is -2.15. The molecule has 3 aromatic rings. The van der Waals surface area contributed by atoms with E-state index >= 15 is 4.39 Å². The van der Waals surface area contributed by atoms with Crippen molar-refractivity contribution in [1.29, 1.82) is 0 Å². The van der Waals surface area contributed by atoms with Gasteiger partial charge in [-0.15, -0.1) is 0 Å². The van der Waals surface area contributed by atoms with E-state index in [1.807, 2.05) is 13.8 Å². The van der Waals surface area contributed by atoms with Gasteiger partial charge in [0.25, 0.3) is 0 Å². The topological polar surface area (TPSA) is 89.9 Å². The van der Waals surface area contributed by atoms with Crippen LogP contribution in [0.5, 0.6) is 5.75 Å². The molecule has 0 fully saturated rings. The first-order valence-corrected chi connectivity index (χ1v) is 15.3. The second-order valence-electron chi connectivity index (χ2n) is 11.5. The van der Waals surface area contributed by atoms with Crippen LogP contribution in [0.25, 0.3) is 22.3 Å². The summed E-state index contributed by atoms with van der Waals surface area (Å²) >= 11 is 0. The quantitative estimate of drug-likeness (QED) is 0.102. The summed E-state index contributed by atoms with van der Waals surface area (Å²) in [5, 5.41) is 9.60. The first-order valence-electron chi connectivity index (χ1n) is 15.3. The number of unbranched alkanes of at least 4 members (excludes halogenated alkanes) is 6. The molecule has 0 aliphatic carbocycles. The van der Waals surface area contributed by atoms with Gasteiger partial charge in [-0.05, 0) is 84.3 Å². The van der Waals surface area contributed by atoms with Crippen molar-refractivity contribution in [2.45, 2.75) is 91.6 Å². The monoisotopic (exact) mass is 590 g/mol. The number of hydrogen-bond donors (Lipinski definition) is 1. The number of hydrogen-bond acceptors (Lipinski definition) is 5. The van der Waals surface area contributed by atoms with Gasteiger partial charge < -0.3 is 14.6 Å². The van der Waals surface area contributed by atoms with E-state index in [4.69, 9.17) is 9.47 Å². The van der Waals surface area contributed by atoms with E-state index in [0.29, 0.717) is 41.2 Å². The molecule has 1 N–H and O–H groups in total. The molecule has 0 radical (unpaired) electrons. The second-order valence-corrected chi connectivity index (χ2v) is 11.5. The van der Waals surface area contributed by atoms with Crippen LogP contribution in [0.1, 0.15) is 106 Å². The van der Waals surface area contributed by atoms with E-state index in [1.165, 1.54) is 49.9 Å². The Balaban J connectivity index is 1.75. The Kier molecular flexibility index (Phi) is 12.9. The van der Waals surface area contributed by atoms with Crippen LogP contribution in [0, 0.1) is 11.7 Å². The van der Waals surface area contributed by atoms with Crippen LogP contribution in [0.3, 0.4) is 0 Å². The molecular weight excluding hydrogens is 547 g/mol. The average Bonchev–Trinajstić information content (AvgIpc) is 2.96. The molecule has 6 nitrogen and oxygen atoms in total. The van der Waals surface area contributed by atoms with E-state index in [1.54, 1.807) is 43.3 Å². The summed E-state index contributed by atoms with van der Waals surface area (Å²) < 4.78 is 26.1. The van der Waals surface area contributed by atoms with Gasteiger partial charge in [-0.1, -0.05) is 83.6 Å². The summed E-state index contributed by atoms with van der Waals surface area (Å²) in [4.78, 5) is 36.6. The van der Waals surface area contributed by atoms with Gasteiger partial charge in [0.1, 0.15) is 11.6 Å². The zero-order chi connectivity index (χ0) is 31.4. The van der Waals surface area contributed by atoms with E-state index < -0.39 is 17.8 Å². The Morgan fingerprint density at radius 1 is 0.791 bits per heavy atom. The predicted molar refractivity (Wildman–Crippen MR) is 167 cm³/mol. The molecule has 0 aliphatic rings. The number of carbonyl (C=O) groups is 3. The lowest BCUT2D eigenvalue weighted by molar-refractivity contribution is -0.134. The van der Waals surface area contributed by atoms with Crippen LogP contribution >= 0.6 is 0 Å². The van der Waals surface area contributed by atoms with Gasteiger partial charge in [0, 0.05) is 6.42 Å². The minimum atomic E-state index is -1.11. The van der Waals surface area contributed by atoms with Gasteiger partial charge in [-0.3, -0.25) is 4.79 Å². The third-order valence-corrected chi connectivity index (χ3v) is 7.26. The van der Waals surface area contributed by atoms with Crippen molar-refractivity contribution >= 4 is 17.9 Å². The molecule has 0 heterocycles.